The van der Waals surface area contributed by atoms with E-state index < -0.39 is 17.8 Å². The second-order valence-electron chi connectivity index (χ2n) is 9.31. The summed E-state index contributed by atoms with van der Waals surface area (Å²) in [6.45, 7) is 2.89. The molecule has 1 aliphatic heterocycles. The number of hydrogen-bond acceptors (Lipinski definition) is 4. The quantitative estimate of drug-likeness (QED) is 0.384. The van der Waals surface area contributed by atoms with E-state index in [-0.39, 0.29) is 17.5 Å². The summed E-state index contributed by atoms with van der Waals surface area (Å²) in [4.78, 5) is 20.7. The van der Waals surface area contributed by atoms with E-state index in [9.17, 15) is 18.0 Å². The van der Waals surface area contributed by atoms with Crippen LogP contribution in [0.2, 0.25) is 0 Å². The van der Waals surface area contributed by atoms with Crippen LogP contribution >= 0.6 is 0 Å². The number of fused-ring (bicyclic) bond motifs is 1. The summed E-state index contributed by atoms with van der Waals surface area (Å²) in [5.74, 6) is 0.158. The van der Waals surface area contributed by atoms with Crippen LogP contribution in [0, 0.1) is 0 Å². The number of nitrogens with two attached hydrogens (primary N) is 1. The van der Waals surface area contributed by atoms with E-state index in [1.165, 1.54) is 12.1 Å². The number of hydrogen-bond donors (Lipinski definition) is 1. The minimum absolute atomic E-state index is 0.158. The lowest BCUT2D eigenvalue weighted by atomic mass is 9.97. The van der Waals surface area contributed by atoms with Crippen LogP contribution in [0.4, 0.5) is 19.1 Å². The van der Waals surface area contributed by atoms with Crippen LogP contribution < -0.4 is 11.3 Å². The van der Waals surface area contributed by atoms with Crippen molar-refractivity contribution < 1.29 is 13.2 Å². The Morgan fingerprint density at radius 2 is 1.43 bits per heavy atom. The molecule has 0 fully saturated rings. The average Bonchev–Trinajstić information content (AvgIpc) is 2.91. The topological polar surface area (TPSA) is 64.2 Å². The fraction of sp³-hybridized carbons (Fsp3) is 0.241. The predicted molar refractivity (Wildman–Crippen MR) is 137 cm³/mol. The summed E-state index contributed by atoms with van der Waals surface area (Å²) in [7, 11) is 0. The third-order valence-corrected chi connectivity index (χ3v) is 7.08. The summed E-state index contributed by atoms with van der Waals surface area (Å²) < 4.78 is 40.6. The molecule has 8 heteroatoms. The van der Waals surface area contributed by atoms with Crippen LogP contribution in [0.5, 0.6) is 0 Å². The Morgan fingerprint density at radius 1 is 0.865 bits per heavy atom. The number of alkyl halides is 3. The van der Waals surface area contributed by atoms with Gasteiger partial charge in [-0.15, -0.1) is 0 Å². The molecule has 0 bridgehead atoms. The van der Waals surface area contributed by atoms with Gasteiger partial charge in [0.2, 0.25) is 5.95 Å². The van der Waals surface area contributed by atoms with E-state index >= 15 is 0 Å². The van der Waals surface area contributed by atoms with Crippen molar-refractivity contribution in [3.05, 3.63) is 129 Å². The molecule has 1 atom stereocenters. The standard InChI is InChI=1S/C29H27F3N4O/c1-19(20-12-14-23(15-13-20)29(30,31)32)35-17-16-25-24(18-35)27(37)36(28(33)34-25)26(21-8-4-2-5-9-21)22-10-6-3-7-11-22/h2-15,19,26H,16-18H2,1H3,(H2,33,34). The maximum atomic E-state index is 14.0. The van der Waals surface area contributed by atoms with Gasteiger partial charge in [-0.1, -0.05) is 72.8 Å². The first-order valence-corrected chi connectivity index (χ1v) is 12.1. The monoisotopic (exact) mass is 504 g/mol. The molecule has 5 rings (SSSR count). The van der Waals surface area contributed by atoms with Gasteiger partial charge in [-0.2, -0.15) is 13.2 Å². The van der Waals surface area contributed by atoms with Gasteiger partial charge < -0.3 is 5.73 Å². The van der Waals surface area contributed by atoms with Gasteiger partial charge in [0.05, 0.1) is 22.9 Å². The van der Waals surface area contributed by atoms with Crippen LogP contribution in [-0.4, -0.2) is 21.0 Å². The highest BCUT2D eigenvalue weighted by molar-refractivity contribution is 5.39. The van der Waals surface area contributed by atoms with Crippen molar-refractivity contribution in [2.45, 2.75) is 38.1 Å². The molecule has 5 nitrogen and oxygen atoms in total. The molecule has 37 heavy (non-hydrogen) atoms. The molecule has 190 valence electrons. The first-order valence-electron chi connectivity index (χ1n) is 12.1. The second-order valence-corrected chi connectivity index (χ2v) is 9.31. The number of nitrogen functional groups attached to an aromatic ring is 1. The molecule has 4 aromatic rings. The third kappa shape index (κ3) is 4.89. The molecule has 0 spiro atoms. The van der Waals surface area contributed by atoms with E-state index in [1.54, 1.807) is 4.57 Å². The fourth-order valence-corrected chi connectivity index (χ4v) is 5.03. The molecule has 1 aliphatic rings. The van der Waals surface area contributed by atoms with Crippen molar-refractivity contribution in [2.24, 2.45) is 0 Å². The Labute approximate surface area is 213 Å². The lowest BCUT2D eigenvalue weighted by molar-refractivity contribution is -0.137. The fourth-order valence-electron chi connectivity index (χ4n) is 5.03. The Hall–Kier alpha value is -3.91. The Morgan fingerprint density at radius 3 is 1.97 bits per heavy atom. The van der Waals surface area contributed by atoms with Gasteiger partial charge in [0, 0.05) is 25.6 Å². The first kappa shape index (κ1) is 24.8. The van der Waals surface area contributed by atoms with Crippen molar-refractivity contribution in [2.75, 3.05) is 12.3 Å². The molecule has 2 heterocycles. The number of rotatable bonds is 5. The minimum Gasteiger partial charge on any atom is -0.369 e. The summed E-state index contributed by atoms with van der Waals surface area (Å²) in [6.07, 6.45) is -3.85. The zero-order valence-electron chi connectivity index (χ0n) is 20.3. The number of anilines is 1. The molecule has 0 saturated carbocycles. The SMILES string of the molecule is CC(c1ccc(C(F)(F)F)cc1)N1CCc2nc(N)n(C(c3ccccc3)c3ccccc3)c(=O)c2C1. The molecule has 0 saturated heterocycles. The number of nitrogens with zero attached hydrogens (tertiary/aromatic N) is 3. The van der Waals surface area contributed by atoms with Gasteiger partial charge in [0.15, 0.2) is 0 Å². The van der Waals surface area contributed by atoms with E-state index in [0.29, 0.717) is 30.8 Å². The highest BCUT2D eigenvalue weighted by atomic mass is 19.4. The number of halogens is 3. The maximum absolute atomic E-state index is 14.0. The predicted octanol–water partition coefficient (Wildman–Crippen LogP) is 5.60. The van der Waals surface area contributed by atoms with Crippen molar-refractivity contribution in [3.8, 4) is 0 Å². The van der Waals surface area contributed by atoms with E-state index in [2.05, 4.69) is 9.88 Å². The van der Waals surface area contributed by atoms with Gasteiger partial charge >= 0.3 is 6.18 Å². The Bertz CT molecular complexity index is 1400. The lowest BCUT2D eigenvalue weighted by Gasteiger charge is -2.34. The van der Waals surface area contributed by atoms with Crippen molar-refractivity contribution >= 4 is 5.95 Å². The van der Waals surface area contributed by atoms with Gasteiger partial charge in [-0.25, -0.2) is 4.98 Å². The molecule has 1 aromatic heterocycles. The molecular weight excluding hydrogens is 477 g/mol. The summed E-state index contributed by atoms with van der Waals surface area (Å²) in [5.41, 5.74) is 9.34. The van der Waals surface area contributed by atoms with Crippen molar-refractivity contribution in [3.63, 3.8) is 0 Å². The van der Waals surface area contributed by atoms with Crippen molar-refractivity contribution in [1.29, 1.82) is 0 Å². The van der Waals surface area contributed by atoms with E-state index in [0.717, 1.165) is 28.8 Å². The summed E-state index contributed by atoms with van der Waals surface area (Å²) in [5, 5.41) is 0. The molecular formula is C29H27F3N4O. The molecule has 0 aliphatic carbocycles. The van der Waals surface area contributed by atoms with Crippen LogP contribution in [0.3, 0.4) is 0 Å². The van der Waals surface area contributed by atoms with Gasteiger partial charge in [-0.3, -0.25) is 14.3 Å². The van der Waals surface area contributed by atoms with Crippen LogP contribution in [0.25, 0.3) is 0 Å². The van der Waals surface area contributed by atoms with Crippen LogP contribution in [0.1, 0.15) is 52.5 Å². The highest BCUT2D eigenvalue weighted by Crippen LogP contribution is 2.33. The summed E-state index contributed by atoms with van der Waals surface area (Å²) in [6, 6.07) is 23.9. The Kier molecular flexibility index (Phi) is 6.60. The van der Waals surface area contributed by atoms with Gasteiger partial charge in [-0.05, 0) is 35.7 Å². The van der Waals surface area contributed by atoms with Gasteiger partial charge in [0.25, 0.3) is 5.56 Å². The average molecular weight is 505 g/mol. The molecule has 1 unspecified atom stereocenters. The smallest absolute Gasteiger partial charge is 0.369 e. The molecule has 0 radical (unpaired) electrons. The number of aromatic nitrogens is 2. The van der Waals surface area contributed by atoms with Gasteiger partial charge in [0.1, 0.15) is 0 Å². The molecule has 2 N–H and O–H groups in total. The number of benzene rings is 3. The highest BCUT2D eigenvalue weighted by Gasteiger charge is 2.32. The zero-order valence-corrected chi connectivity index (χ0v) is 20.3. The van der Waals surface area contributed by atoms with Crippen LogP contribution in [0.15, 0.2) is 89.7 Å². The minimum atomic E-state index is -4.38. The third-order valence-electron chi connectivity index (χ3n) is 7.08. The second kappa shape index (κ2) is 9.86. The van der Waals surface area contributed by atoms with Crippen LogP contribution in [-0.2, 0) is 19.1 Å². The lowest BCUT2D eigenvalue weighted by Crippen LogP contribution is -2.41. The van der Waals surface area contributed by atoms with E-state index in [1.807, 2.05) is 67.6 Å². The maximum Gasteiger partial charge on any atom is 0.416 e. The Balaban J connectivity index is 1.52. The molecule has 3 aromatic carbocycles. The van der Waals surface area contributed by atoms with E-state index in [4.69, 9.17) is 5.73 Å². The normalized spacial score (nSPS) is 14.9. The van der Waals surface area contributed by atoms with Crippen molar-refractivity contribution in [1.82, 2.24) is 14.5 Å². The largest absolute Gasteiger partial charge is 0.416 e. The first-order chi connectivity index (χ1) is 17.7. The summed E-state index contributed by atoms with van der Waals surface area (Å²) >= 11 is 0. The zero-order chi connectivity index (χ0) is 26.2. The molecule has 0 amide bonds.